The predicted octanol–water partition coefficient (Wildman–Crippen LogP) is 2.10. The van der Waals surface area contributed by atoms with Crippen LogP contribution in [0.4, 0.5) is 0 Å². The molecule has 0 fully saturated rings. The summed E-state index contributed by atoms with van der Waals surface area (Å²) in [5, 5.41) is 0.403. The Morgan fingerprint density at radius 1 is 1.05 bits per heavy atom. The van der Waals surface area contributed by atoms with Crippen LogP contribution in [0.2, 0.25) is 0 Å². The molecular formula is C14H15NO3P+. The van der Waals surface area contributed by atoms with Gasteiger partial charge in [-0.05, 0) is 40.0 Å². The van der Waals surface area contributed by atoms with E-state index < -0.39 is 8.03 Å². The fourth-order valence-electron chi connectivity index (χ4n) is 1.81. The molecule has 2 atom stereocenters. The average molecular weight is 276 g/mol. The predicted molar refractivity (Wildman–Crippen MR) is 74.9 cm³/mol. The summed E-state index contributed by atoms with van der Waals surface area (Å²) >= 11 is 0. The molecule has 4 nitrogen and oxygen atoms in total. The van der Waals surface area contributed by atoms with Gasteiger partial charge in [0.1, 0.15) is 5.75 Å². The van der Waals surface area contributed by atoms with Crippen LogP contribution in [0.15, 0.2) is 48.5 Å². The van der Waals surface area contributed by atoms with E-state index in [-0.39, 0.29) is 6.04 Å². The van der Waals surface area contributed by atoms with Crippen molar-refractivity contribution in [2.24, 2.45) is 5.73 Å². The van der Waals surface area contributed by atoms with Crippen LogP contribution in [0.25, 0.3) is 0 Å². The molecule has 0 amide bonds. The van der Waals surface area contributed by atoms with Crippen LogP contribution >= 0.6 is 8.03 Å². The van der Waals surface area contributed by atoms with Gasteiger partial charge in [0.2, 0.25) is 5.30 Å². The number of rotatable bonds is 4. The highest BCUT2D eigenvalue weighted by Crippen LogP contribution is 2.22. The third-order valence-corrected chi connectivity index (χ3v) is 3.69. The molecule has 0 aliphatic heterocycles. The van der Waals surface area contributed by atoms with Gasteiger partial charge in [0.25, 0.3) is 0 Å². The largest absolute Gasteiger partial charge is 0.546 e. The normalized spacial score (nSPS) is 12.9. The van der Waals surface area contributed by atoms with Crippen LogP contribution in [0.1, 0.15) is 17.2 Å². The van der Waals surface area contributed by atoms with Crippen LogP contribution in [0.3, 0.4) is 0 Å². The van der Waals surface area contributed by atoms with Gasteiger partial charge in [0.05, 0.1) is 13.2 Å². The average Bonchev–Trinajstić information content (AvgIpc) is 2.46. The van der Waals surface area contributed by atoms with Crippen molar-refractivity contribution in [1.29, 1.82) is 0 Å². The molecule has 0 aromatic heterocycles. The molecule has 0 bridgehead atoms. The van der Waals surface area contributed by atoms with E-state index >= 15 is 0 Å². The smallest absolute Gasteiger partial charge is 0.497 e. The Morgan fingerprint density at radius 2 is 1.53 bits per heavy atom. The number of hydrogen-bond donors (Lipinski definition) is 2. The van der Waals surface area contributed by atoms with Crippen molar-refractivity contribution in [2.45, 2.75) is 6.04 Å². The lowest BCUT2D eigenvalue weighted by atomic mass is 10.00. The second kappa shape index (κ2) is 5.93. The molecule has 0 saturated heterocycles. The van der Waals surface area contributed by atoms with E-state index in [0.29, 0.717) is 5.30 Å². The second-order valence-corrected chi connectivity index (χ2v) is 5.18. The van der Waals surface area contributed by atoms with E-state index in [4.69, 9.17) is 15.4 Å². The van der Waals surface area contributed by atoms with Crippen molar-refractivity contribution in [3.63, 3.8) is 0 Å². The summed E-state index contributed by atoms with van der Waals surface area (Å²) in [6.45, 7) is 0. The van der Waals surface area contributed by atoms with E-state index in [1.54, 1.807) is 31.4 Å². The maximum atomic E-state index is 10.9. The summed E-state index contributed by atoms with van der Waals surface area (Å²) < 4.78 is 16.0. The lowest BCUT2D eigenvalue weighted by Gasteiger charge is -2.12. The fourth-order valence-corrected chi connectivity index (χ4v) is 2.22. The Balaban J connectivity index is 2.22. The highest BCUT2D eigenvalue weighted by atomic mass is 31.1. The second-order valence-electron chi connectivity index (χ2n) is 4.12. The highest BCUT2D eigenvalue weighted by molar-refractivity contribution is 7.47. The van der Waals surface area contributed by atoms with Gasteiger partial charge in [-0.1, -0.05) is 24.3 Å². The van der Waals surface area contributed by atoms with Crippen LogP contribution < -0.4 is 15.8 Å². The van der Waals surface area contributed by atoms with Crippen LogP contribution in [0, 0.1) is 0 Å². The van der Waals surface area contributed by atoms with Crippen LogP contribution in [-0.4, -0.2) is 12.0 Å². The first kappa shape index (κ1) is 13.7. The van der Waals surface area contributed by atoms with E-state index in [1.807, 2.05) is 24.3 Å². The molecular weight excluding hydrogens is 261 g/mol. The summed E-state index contributed by atoms with van der Waals surface area (Å²) in [4.78, 5) is 8.99. The number of ether oxygens (including phenoxy) is 1. The molecule has 2 aromatic carbocycles. The molecule has 98 valence electrons. The monoisotopic (exact) mass is 276 g/mol. The quantitative estimate of drug-likeness (QED) is 0.839. The van der Waals surface area contributed by atoms with E-state index in [9.17, 15) is 4.57 Å². The number of nitrogens with two attached hydrogens (primary N) is 1. The van der Waals surface area contributed by atoms with Crippen molar-refractivity contribution in [2.75, 3.05) is 7.11 Å². The lowest BCUT2D eigenvalue weighted by molar-refractivity contribution is 0.414. The summed E-state index contributed by atoms with van der Waals surface area (Å²) in [5.41, 5.74) is 8.01. The van der Waals surface area contributed by atoms with Gasteiger partial charge in [0, 0.05) is 0 Å². The first-order valence-corrected chi connectivity index (χ1v) is 6.98. The molecule has 2 unspecified atom stereocenters. The van der Waals surface area contributed by atoms with E-state index in [1.165, 1.54) is 0 Å². The Kier molecular flexibility index (Phi) is 4.27. The van der Waals surface area contributed by atoms with Crippen molar-refractivity contribution in [3.05, 3.63) is 59.7 Å². The third-order valence-electron chi connectivity index (χ3n) is 2.95. The first-order chi connectivity index (χ1) is 9.11. The Hall–Kier alpha value is -1.74. The molecule has 19 heavy (non-hydrogen) atoms. The van der Waals surface area contributed by atoms with Gasteiger partial charge in [-0.2, -0.15) is 4.89 Å². The minimum absolute atomic E-state index is 0.267. The summed E-state index contributed by atoms with van der Waals surface area (Å²) in [5.74, 6) is 0.781. The summed E-state index contributed by atoms with van der Waals surface area (Å²) in [6.07, 6.45) is 0. The number of methoxy groups -OCH3 is 1. The minimum atomic E-state index is -2.30. The van der Waals surface area contributed by atoms with Gasteiger partial charge in [-0.15, -0.1) is 0 Å². The van der Waals surface area contributed by atoms with Crippen molar-refractivity contribution in [1.82, 2.24) is 0 Å². The number of hydrogen-bond acceptors (Lipinski definition) is 3. The minimum Gasteiger partial charge on any atom is -0.497 e. The zero-order chi connectivity index (χ0) is 13.8. The zero-order valence-electron chi connectivity index (χ0n) is 10.5. The van der Waals surface area contributed by atoms with E-state index in [2.05, 4.69) is 0 Å². The van der Waals surface area contributed by atoms with Gasteiger partial charge in [-0.3, -0.25) is 0 Å². The Bertz CT molecular complexity index is 566. The molecule has 3 N–H and O–H groups in total. The molecule has 0 aliphatic rings. The number of benzene rings is 2. The van der Waals surface area contributed by atoms with Gasteiger partial charge in [0.15, 0.2) is 0 Å². The summed E-state index contributed by atoms with van der Waals surface area (Å²) in [7, 11) is -0.681. The SMILES string of the molecule is COc1ccc(C(N)c2ccc([P+](=O)O)cc2)cc1. The molecule has 0 saturated carbocycles. The Morgan fingerprint density at radius 3 is 1.95 bits per heavy atom. The lowest BCUT2D eigenvalue weighted by Crippen LogP contribution is -2.12. The molecule has 2 rings (SSSR count). The van der Waals surface area contributed by atoms with Crippen LogP contribution in [0.5, 0.6) is 5.75 Å². The molecule has 0 spiro atoms. The van der Waals surface area contributed by atoms with Crippen LogP contribution in [-0.2, 0) is 4.57 Å². The molecule has 2 aromatic rings. The fraction of sp³-hybridized carbons (Fsp3) is 0.143. The van der Waals surface area contributed by atoms with Crippen molar-refractivity contribution >= 4 is 13.3 Å². The molecule has 0 radical (unpaired) electrons. The molecule has 0 heterocycles. The van der Waals surface area contributed by atoms with Crippen molar-refractivity contribution in [3.8, 4) is 5.75 Å². The van der Waals surface area contributed by atoms with Gasteiger partial charge in [-0.25, -0.2) is 0 Å². The topological polar surface area (TPSA) is 72.5 Å². The Labute approximate surface area is 112 Å². The standard InChI is InChI=1S/C14H14NO3P/c1-18-12-6-2-10(3-7-12)14(15)11-4-8-13(9-5-11)19(16)17/h2-9,14H,15H2,1H3/p+1. The highest BCUT2D eigenvalue weighted by Gasteiger charge is 2.16. The van der Waals surface area contributed by atoms with Gasteiger partial charge < -0.3 is 10.5 Å². The molecule has 5 heteroatoms. The zero-order valence-corrected chi connectivity index (χ0v) is 11.4. The molecule has 0 aliphatic carbocycles. The first-order valence-electron chi connectivity index (χ1n) is 5.77. The summed E-state index contributed by atoms with van der Waals surface area (Å²) in [6, 6.07) is 14.0. The maximum absolute atomic E-state index is 10.9. The maximum Gasteiger partial charge on any atom is 0.546 e. The third kappa shape index (κ3) is 3.18. The van der Waals surface area contributed by atoms with E-state index in [0.717, 1.165) is 16.9 Å². The van der Waals surface area contributed by atoms with Crippen molar-refractivity contribution < 1.29 is 14.2 Å². The van der Waals surface area contributed by atoms with Gasteiger partial charge >= 0.3 is 8.03 Å².